The molecule has 0 fully saturated rings. The number of carbonyl (C=O) groups is 1. The molecule has 3 aromatic heterocycles. The Hall–Kier alpha value is -1.99. The molecule has 3 aromatic rings. The molecule has 0 aliphatic heterocycles. The van der Waals surface area contributed by atoms with Crippen LogP contribution in [0.4, 0.5) is 0 Å². The van der Waals surface area contributed by atoms with Gasteiger partial charge in [-0.1, -0.05) is 6.07 Å². The fourth-order valence-corrected chi connectivity index (χ4v) is 3.28. The molecule has 0 radical (unpaired) electrons. The van der Waals surface area contributed by atoms with Gasteiger partial charge in [0, 0.05) is 40.7 Å². The molecule has 0 saturated heterocycles. The van der Waals surface area contributed by atoms with Crippen LogP contribution >= 0.6 is 27.3 Å². The molecule has 1 N–H and O–H groups in total. The molecule has 5 nitrogen and oxygen atoms in total. The lowest BCUT2D eigenvalue weighted by molar-refractivity contribution is 0.0949. The second-order valence-corrected chi connectivity index (χ2v) is 6.51. The molecule has 0 spiro atoms. The minimum atomic E-state index is -0.150. The molecule has 1 atom stereocenters. The summed E-state index contributed by atoms with van der Waals surface area (Å²) in [5, 5.41) is 9.26. The third-order valence-corrected chi connectivity index (χ3v) is 4.55. The number of rotatable bonds is 5. The van der Waals surface area contributed by atoms with E-state index in [9.17, 15) is 4.79 Å². The summed E-state index contributed by atoms with van der Waals surface area (Å²) >= 11 is 4.97. The van der Waals surface area contributed by atoms with Crippen molar-refractivity contribution in [3.05, 3.63) is 69.3 Å². The molecule has 3 heterocycles. The molecule has 0 aliphatic rings. The van der Waals surface area contributed by atoms with Crippen molar-refractivity contribution in [1.29, 1.82) is 0 Å². The van der Waals surface area contributed by atoms with E-state index in [0.29, 0.717) is 12.1 Å². The number of hydrogen-bond acceptors (Lipinski definition) is 4. The lowest BCUT2D eigenvalue weighted by atomic mass is 10.2. The first-order valence-corrected chi connectivity index (χ1v) is 8.32. The third-order valence-electron chi connectivity index (χ3n) is 3.14. The molecule has 1 unspecified atom stereocenters. The zero-order chi connectivity index (χ0) is 15.4. The summed E-state index contributed by atoms with van der Waals surface area (Å²) in [7, 11) is 0. The molecule has 0 aliphatic carbocycles. The third kappa shape index (κ3) is 3.42. The van der Waals surface area contributed by atoms with Crippen LogP contribution < -0.4 is 5.32 Å². The molecule has 7 heteroatoms. The van der Waals surface area contributed by atoms with Gasteiger partial charge in [0.05, 0.1) is 5.56 Å². The van der Waals surface area contributed by atoms with Gasteiger partial charge in [0.1, 0.15) is 6.04 Å². The maximum Gasteiger partial charge on any atom is 0.252 e. The van der Waals surface area contributed by atoms with Crippen molar-refractivity contribution in [2.45, 2.75) is 6.04 Å². The number of amides is 1. The van der Waals surface area contributed by atoms with Gasteiger partial charge in [-0.3, -0.25) is 14.5 Å². The predicted octanol–water partition coefficient (Wildman–Crippen LogP) is 3.12. The molecule has 3 rings (SSSR count). The summed E-state index contributed by atoms with van der Waals surface area (Å²) in [6.07, 6.45) is 6.83. The van der Waals surface area contributed by atoms with Crippen molar-refractivity contribution >= 4 is 33.2 Å². The van der Waals surface area contributed by atoms with Gasteiger partial charge in [-0.2, -0.15) is 5.10 Å². The Morgan fingerprint density at radius 1 is 1.41 bits per heavy atom. The van der Waals surface area contributed by atoms with Crippen LogP contribution in [0.1, 0.15) is 21.3 Å². The topological polar surface area (TPSA) is 59.8 Å². The van der Waals surface area contributed by atoms with E-state index in [1.54, 1.807) is 36.0 Å². The number of aromatic nitrogens is 3. The second kappa shape index (κ2) is 6.85. The molecule has 0 saturated carbocycles. The fraction of sp³-hybridized carbons (Fsp3) is 0.133. The lowest BCUT2D eigenvalue weighted by Crippen LogP contribution is -2.31. The minimum absolute atomic E-state index is 0.0148. The number of hydrogen-bond donors (Lipinski definition) is 1. The summed E-state index contributed by atoms with van der Waals surface area (Å²) in [4.78, 5) is 17.4. The van der Waals surface area contributed by atoms with E-state index in [0.717, 1.165) is 9.35 Å². The SMILES string of the molecule is O=C(NCC(c1cccs1)n1cccn1)c1cncc(Br)c1. The van der Waals surface area contributed by atoms with Gasteiger partial charge in [-0.05, 0) is 39.5 Å². The number of halogens is 1. The first-order chi connectivity index (χ1) is 10.7. The monoisotopic (exact) mass is 376 g/mol. The lowest BCUT2D eigenvalue weighted by Gasteiger charge is -2.17. The maximum atomic E-state index is 12.2. The molecule has 22 heavy (non-hydrogen) atoms. The van der Waals surface area contributed by atoms with E-state index in [1.165, 1.54) is 0 Å². The molecule has 112 valence electrons. The van der Waals surface area contributed by atoms with Gasteiger partial charge in [0.2, 0.25) is 0 Å². The largest absolute Gasteiger partial charge is 0.349 e. The summed E-state index contributed by atoms with van der Waals surface area (Å²) in [5.74, 6) is -0.150. The van der Waals surface area contributed by atoms with Crippen LogP contribution in [0.2, 0.25) is 0 Å². The van der Waals surface area contributed by atoms with E-state index < -0.39 is 0 Å². The number of pyridine rings is 1. The van der Waals surface area contributed by atoms with Crippen LogP contribution in [0.3, 0.4) is 0 Å². The van der Waals surface area contributed by atoms with Crippen LogP contribution in [0.5, 0.6) is 0 Å². The Morgan fingerprint density at radius 2 is 2.32 bits per heavy atom. The molecular weight excluding hydrogens is 364 g/mol. The average molecular weight is 377 g/mol. The average Bonchev–Trinajstić information content (AvgIpc) is 3.21. The van der Waals surface area contributed by atoms with Crippen LogP contribution in [0, 0.1) is 0 Å². The van der Waals surface area contributed by atoms with Gasteiger partial charge in [-0.15, -0.1) is 11.3 Å². The molecular formula is C15H13BrN4OS. The van der Waals surface area contributed by atoms with Crippen molar-refractivity contribution in [1.82, 2.24) is 20.1 Å². The fourth-order valence-electron chi connectivity index (χ4n) is 2.10. The summed E-state index contributed by atoms with van der Waals surface area (Å²) in [6.45, 7) is 0.466. The van der Waals surface area contributed by atoms with Gasteiger partial charge >= 0.3 is 0 Å². The normalized spacial score (nSPS) is 12.0. The van der Waals surface area contributed by atoms with Gasteiger partial charge in [0.25, 0.3) is 5.91 Å². The quantitative estimate of drug-likeness (QED) is 0.743. The number of nitrogens with zero attached hydrogens (tertiary/aromatic N) is 3. The molecule has 0 bridgehead atoms. The summed E-state index contributed by atoms with van der Waals surface area (Å²) in [5.41, 5.74) is 0.528. The van der Waals surface area contributed by atoms with Crippen molar-refractivity contribution < 1.29 is 4.79 Å². The standard InChI is InChI=1S/C15H13BrN4OS/c16-12-7-11(8-17-9-12)15(21)18-10-13(14-3-1-6-22-14)20-5-2-4-19-20/h1-9,13H,10H2,(H,18,21). The van der Waals surface area contributed by atoms with E-state index in [2.05, 4.69) is 31.3 Å². The number of thiophene rings is 1. The molecule has 1 amide bonds. The van der Waals surface area contributed by atoms with Crippen LogP contribution in [-0.2, 0) is 0 Å². The highest BCUT2D eigenvalue weighted by Crippen LogP contribution is 2.22. The van der Waals surface area contributed by atoms with Crippen molar-refractivity contribution in [2.24, 2.45) is 0 Å². The Labute approximate surface area is 140 Å². The number of carbonyl (C=O) groups excluding carboxylic acids is 1. The Morgan fingerprint density at radius 3 is 3.00 bits per heavy atom. The van der Waals surface area contributed by atoms with E-state index in [4.69, 9.17) is 0 Å². The van der Waals surface area contributed by atoms with Crippen molar-refractivity contribution in [3.8, 4) is 0 Å². The summed E-state index contributed by atoms with van der Waals surface area (Å²) < 4.78 is 2.63. The van der Waals surface area contributed by atoms with E-state index >= 15 is 0 Å². The first-order valence-electron chi connectivity index (χ1n) is 6.65. The van der Waals surface area contributed by atoms with Crippen molar-refractivity contribution in [2.75, 3.05) is 6.54 Å². The highest BCUT2D eigenvalue weighted by molar-refractivity contribution is 9.10. The van der Waals surface area contributed by atoms with Gasteiger partial charge in [0.15, 0.2) is 0 Å². The zero-order valence-corrected chi connectivity index (χ0v) is 13.9. The van der Waals surface area contributed by atoms with Crippen molar-refractivity contribution in [3.63, 3.8) is 0 Å². The maximum absolute atomic E-state index is 12.2. The smallest absolute Gasteiger partial charge is 0.252 e. The molecule has 0 aromatic carbocycles. The minimum Gasteiger partial charge on any atom is -0.349 e. The van der Waals surface area contributed by atoms with Crippen LogP contribution in [0.15, 0.2) is 58.9 Å². The zero-order valence-electron chi connectivity index (χ0n) is 11.5. The highest BCUT2D eigenvalue weighted by atomic mass is 79.9. The number of nitrogens with one attached hydrogen (secondary N) is 1. The van der Waals surface area contributed by atoms with Crippen LogP contribution in [0.25, 0.3) is 0 Å². The second-order valence-electron chi connectivity index (χ2n) is 4.62. The summed E-state index contributed by atoms with van der Waals surface area (Å²) in [6, 6.07) is 7.65. The van der Waals surface area contributed by atoms with Gasteiger partial charge in [-0.25, -0.2) is 0 Å². The first kappa shape index (κ1) is 14.9. The Kier molecular flexibility index (Phi) is 4.65. The van der Waals surface area contributed by atoms with Gasteiger partial charge < -0.3 is 5.32 Å². The van der Waals surface area contributed by atoms with E-state index in [1.807, 2.05) is 34.5 Å². The van der Waals surface area contributed by atoms with Crippen LogP contribution in [-0.4, -0.2) is 27.2 Å². The Balaban J connectivity index is 1.73. The predicted molar refractivity (Wildman–Crippen MR) is 89.0 cm³/mol. The highest BCUT2D eigenvalue weighted by Gasteiger charge is 2.17. The van der Waals surface area contributed by atoms with E-state index in [-0.39, 0.29) is 11.9 Å². The Bertz CT molecular complexity index is 709.